The van der Waals surface area contributed by atoms with E-state index in [4.69, 9.17) is 4.74 Å². The molecule has 0 unspecified atom stereocenters. The zero-order valence-electron chi connectivity index (χ0n) is 9.68. The topological polar surface area (TPSA) is 26.3 Å². The standard InChI is InChI=1S/C12H24O2/c1-3-12(13)10-8-6-5-7-9-11-14-4-2/h3-11H2,1-2H3. The fourth-order valence-electron chi connectivity index (χ4n) is 1.38. The van der Waals surface area contributed by atoms with Crippen molar-refractivity contribution >= 4 is 5.78 Å². The molecule has 0 heterocycles. The van der Waals surface area contributed by atoms with Gasteiger partial charge in [-0.1, -0.05) is 26.2 Å². The lowest BCUT2D eigenvalue weighted by Crippen LogP contribution is -1.95. The molecule has 0 aromatic rings. The van der Waals surface area contributed by atoms with Crippen molar-refractivity contribution in [2.45, 2.75) is 58.8 Å². The number of ether oxygens (including phenoxy) is 1. The van der Waals surface area contributed by atoms with Crippen LogP contribution >= 0.6 is 0 Å². The van der Waals surface area contributed by atoms with Gasteiger partial charge in [0, 0.05) is 26.1 Å². The average molecular weight is 200 g/mol. The Labute approximate surface area is 88.0 Å². The van der Waals surface area contributed by atoms with Crippen molar-refractivity contribution in [2.75, 3.05) is 13.2 Å². The Bertz CT molecular complexity index is 132. The molecule has 14 heavy (non-hydrogen) atoms. The molecule has 0 aromatic carbocycles. The maximum absolute atomic E-state index is 11.0. The third kappa shape index (κ3) is 9.72. The molecule has 0 atom stereocenters. The van der Waals surface area contributed by atoms with Crippen LogP contribution in [0.15, 0.2) is 0 Å². The fraction of sp³-hybridized carbons (Fsp3) is 0.917. The molecule has 0 amide bonds. The number of carbonyl (C=O) groups excluding carboxylic acids is 1. The lowest BCUT2D eigenvalue weighted by Gasteiger charge is -2.01. The van der Waals surface area contributed by atoms with Gasteiger partial charge in [0.1, 0.15) is 5.78 Å². The van der Waals surface area contributed by atoms with Crippen molar-refractivity contribution in [2.24, 2.45) is 0 Å². The summed E-state index contributed by atoms with van der Waals surface area (Å²) in [5, 5.41) is 0. The van der Waals surface area contributed by atoms with E-state index in [0.717, 1.165) is 32.5 Å². The van der Waals surface area contributed by atoms with E-state index in [-0.39, 0.29) is 0 Å². The average Bonchev–Trinajstić information content (AvgIpc) is 2.21. The van der Waals surface area contributed by atoms with Crippen LogP contribution in [-0.2, 0) is 9.53 Å². The van der Waals surface area contributed by atoms with E-state index in [2.05, 4.69) is 0 Å². The summed E-state index contributed by atoms with van der Waals surface area (Å²) in [7, 11) is 0. The molecule has 2 nitrogen and oxygen atoms in total. The first-order valence-electron chi connectivity index (χ1n) is 5.90. The van der Waals surface area contributed by atoms with Crippen LogP contribution in [0.4, 0.5) is 0 Å². The summed E-state index contributed by atoms with van der Waals surface area (Å²) < 4.78 is 5.24. The highest BCUT2D eigenvalue weighted by Gasteiger charge is 1.97. The van der Waals surface area contributed by atoms with Crippen LogP contribution in [0.5, 0.6) is 0 Å². The molecule has 2 heteroatoms. The van der Waals surface area contributed by atoms with Crippen LogP contribution in [0, 0.1) is 0 Å². The van der Waals surface area contributed by atoms with Crippen LogP contribution in [0.3, 0.4) is 0 Å². The summed E-state index contributed by atoms with van der Waals surface area (Å²) >= 11 is 0. The van der Waals surface area contributed by atoms with Gasteiger partial charge in [-0.3, -0.25) is 4.79 Å². The van der Waals surface area contributed by atoms with Crippen molar-refractivity contribution in [3.05, 3.63) is 0 Å². The summed E-state index contributed by atoms with van der Waals surface area (Å²) in [6, 6.07) is 0. The molecule has 0 aromatic heterocycles. The number of hydrogen-bond acceptors (Lipinski definition) is 2. The first-order valence-corrected chi connectivity index (χ1v) is 5.90. The number of carbonyl (C=O) groups is 1. The Morgan fingerprint density at radius 1 is 1.00 bits per heavy atom. The zero-order chi connectivity index (χ0) is 10.6. The van der Waals surface area contributed by atoms with Gasteiger partial charge in [-0.2, -0.15) is 0 Å². The third-order valence-electron chi connectivity index (χ3n) is 2.34. The highest BCUT2D eigenvalue weighted by atomic mass is 16.5. The van der Waals surface area contributed by atoms with E-state index in [1.807, 2.05) is 13.8 Å². The van der Waals surface area contributed by atoms with E-state index < -0.39 is 0 Å². The van der Waals surface area contributed by atoms with E-state index in [1.165, 1.54) is 19.3 Å². The van der Waals surface area contributed by atoms with E-state index in [9.17, 15) is 4.79 Å². The van der Waals surface area contributed by atoms with Gasteiger partial charge in [-0.05, 0) is 19.8 Å². The number of Topliss-reactive ketones (excluding diaryl/α,β-unsaturated/α-hetero) is 1. The first kappa shape index (κ1) is 13.6. The maximum atomic E-state index is 11.0. The van der Waals surface area contributed by atoms with Crippen molar-refractivity contribution < 1.29 is 9.53 Å². The summed E-state index contributed by atoms with van der Waals surface area (Å²) in [5.74, 6) is 0.402. The highest BCUT2D eigenvalue weighted by Crippen LogP contribution is 2.06. The molecule has 0 fully saturated rings. The predicted molar refractivity (Wildman–Crippen MR) is 59.5 cm³/mol. The van der Waals surface area contributed by atoms with Crippen LogP contribution in [0.1, 0.15) is 58.8 Å². The second-order valence-electron chi connectivity index (χ2n) is 3.61. The fourth-order valence-corrected chi connectivity index (χ4v) is 1.38. The van der Waals surface area contributed by atoms with Gasteiger partial charge in [-0.15, -0.1) is 0 Å². The molecule has 0 radical (unpaired) electrons. The SMILES string of the molecule is CCOCCCCCCCC(=O)CC. The number of unbranched alkanes of at least 4 members (excludes halogenated alkanes) is 4. The van der Waals surface area contributed by atoms with Crippen molar-refractivity contribution in [1.82, 2.24) is 0 Å². The maximum Gasteiger partial charge on any atom is 0.132 e. The molecule has 0 spiro atoms. The molecule has 0 bridgehead atoms. The lowest BCUT2D eigenvalue weighted by molar-refractivity contribution is -0.118. The smallest absolute Gasteiger partial charge is 0.132 e. The summed E-state index contributed by atoms with van der Waals surface area (Å²) in [6.07, 6.45) is 7.38. The quantitative estimate of drug-likeness (QED) is 0.505. The highest BCUT2D eigenvalue weighted by molar-refractivity contribution is 5.77. The van der Waals surface area contributed by atoms with Crippen molar-refractivity contribution in [3.63, 3.8) is 0 Å². The lowest BCUT2D eigenvalue weighted by atomic mass is 10.1. The van der Waals surface area contributed by atoms with Gasteiger partial charge in [0.2, 0.25) is 0 Å². The molecule has 0 saturated carbocycles. The van der Waals surface area contributed by atoms with Crippen molar-refractivity contribution in [1.29, 1.82) is 0 Å². The minimum atomic E-state index is 0.402. The summed E-state index contributed by atoms with van der Waals surface area (Å²) in [6.45, 7) is 5.68. The Kier molecular flexibility index (Phi) is 10.4. The predicted octanol–water partition coefficient (Wildman–Crippen LogP) is 3.34. The van der Waals surface area contributed by atoms with E-state index in [1.54, 1.807) is 0 Å². The third-order valence-corrected chi connectivity index (χ3v) is 2.34. The largest absolute Gasteiger partial charge is 0.382 e. The monoisotopic (exact) mass is 200 g/mol. The van der Waals surface area contributed by atoms with Crippen LogP contribution < -0.4 is 0 Å². The first-order chi connectivity index (χ1) is 6.81. The molecule has 0 aliphatic carbocycles. The van der Waals surface area contributed by atoms with E-state index >= 15 is 0 Å². The molecule has 0 saturated heterocycles. The Morgan fingerprint density at radius 3 is 2.29 bits per heavy atom. The molecule has 0 N–H and O–H groups in total. The Morgan fingerprint density at radius 2 is 1.64 bits per heavy atom. The molecular formula is C12H24O2. The van der Waals surface area contributed by atoms with Gasteiger partial charge >= 0.3 is 0 Å². The summed E-state index contributed by atoms with van der Waals surface area (Å²) in [4.78, 5) is 11.0. The number of ketones is 1. The Balaban J connectivity index is 2.95. The summed E-state index contributed by atoms with van der Waals surface area (Å²) in [5.41, 5.74) is 0. The second kappa shape index (κ2) is 10.7. The Hall–Kier alpha value is -0.370. The minimum absolute atomic E-state index is 0.402. The molecular weight excluding hydrogens is 176 g/mol. The van der Waals surface area contributed by atoms with Gasteiger partial charge in [-0.25, -0.2) is 0 Å². The number of rotatable bonds is 10. The van der Waals surface area contributed by atoms with Gasteiger partial charge in [0.15, 0.2) is 0 Å². The molecule has 84 valence electrons. The zero-order valence-corrected chi connectivity index (χ0v) is 9.68. The van der Waals surface area contributed by atoms with Gasteiger partial charge in [0.05, 0.1) is 0 Å². The number of hydrogen-bond donors (Lipinski definition) is 0. The van der Waals surface area contributed by atoms with Crippen molar-refractivity contribution in [3.8, 4) is 0 Å². The minimum Gasteiger partial charge on any atom is -0.382 e. The normalized spacial score (nSPS) is 10.4. The molecule has 0 rings (SSSR count). The van der Waals surface area contributed by atoms with Crippen LogP contribution in [0.25, 0.3) is 0 Å². The molecule has 0 aliphatic heterocycles. The second-order valence-corrected chi connectivity index (χ2v) is 3.61. The van der Waals surface area contributed by atoms with Gasteiger partial charge in [0.25, 0.3) is 0 Å². The van der Waals surface area contributed by atoms with Crippen LogP contribution in [-0.4, -0.2) is 19.0 Å². The molecule has 0 aliphatic rings. The van der Waals surface area contributed by atoms with E-state index in [0.29, 0.717) is 12.2 Å². The van der Waals surface area contributed by atoms with Crippen LogP contribution in [0.2, 0.25) is 0 Å². The van der Waals surface area contributed by atoms with Gasteiger partial charge < -0.3 is 4.74 Å².